The summed E-state index contributed by atoms with van der Waals surface area (Å²) in [7, 11) is 1.64. The fourth-order valence-electron chi connectivity index (χ4n) is 1.24. The molecule has 0 aliphatic heterocycles. The van der Waals surface area contributed by atoms with Crippen molar-refractivity contribution in [2.45, 2.75) is 0 Å². The normalized spacial score (nSPS) is 9.81. The van der Waals surface area contributed by atoms with E-state index < -0.39 is 0 Å². The van der Waals surface area contributed by atoms with E-state index in [1.165, 1.54) is 0 Å². The van der Waals surface area contributed by atoms with Crippen LogP contribution in [0.1, 0.15) is 0 Å². The van der Waals surface area contributed by atoms with Crippen LogP contribution in [-0.2, 0) is 0 Å². The maximum atomic E-state index is 5.20. The van der Waals surface area contributed by atoms with Gasteiger partial charge in [0.2, 0.25) is 0 Å². The molecule has 2 rings (SSSR count). The molecule has 0 unspecified atom stereocenters. The minimum Gasteiger partial charge on any atom is -0.497 e. The van der Waals surface area contributed by atoms with E-state index in [0.29, 0.717) is 5.11 Å². The van der Waals surface area contributed by atoms with Gasteiger partial charge in [-0.25, -0.2) is 4.98 Å². The van der Waals surface area contributed by atoms with E-state index in [-0.39, 0.29) is 0 Å². The third-order valence-electron chi connectivity index (χ3n) is 2.08. The van der Waals surface area contributed by atoms with Crippen molar-refractivity contribution >= 4 is 23.0 Å². The van der Waals surface area contributed by atoms with E-state index in [2.05, 4.69) is 10.3 Å². The summed E-state index contributed by atoms with van der Waals surface area (Å²) in [4.78, 5) is 3.93. The highest BCUT2D eigenvalue weighted by atomic mass is 32.1. The van der Waals surface area contributed by atoms with Crippen molar-refractivity contribution in [3.63, 3.8) is 0 Å². The molecule has 0 fully saturated rings. The van der Waals surface area contributed by atoms with Crippen LogP contribution in [0.15, 0.2) is 43.0 Å². The van der Waals surface area contributed by atoms with Crippen LogP contribution in [0.4, 0.5) is 5.69 Å². The van der Waals surface area contributed by atoms with Crippen LogP contribution >= 0.6 is 12.2 Å². The first-order valence-electron chi connectivity index (χ1n) is 4.73. The smallest absolute Gasteiger partial charge is 0.182 e. The van der Waals surface area contributed by atoms with Crippen molar-refractivity contribution in [2.24, 2.45) is 0 Å². The summed E-state index contributed by atoms with van der Waals surface area (Å²) in [5.41, 5.74) is 0.916. The van der Waals surface area contributed by atoms with Gasteiger partial charge in [-0.2, -0.15) is 0 Å². The molecule has 1 aromatic heterocycles. The predicted molar refractivity (Wildman–Crippen MR) is 66.8 cm³/mol. The van der Waals surface area contributed by atoms with Crippen molar-refractivity contribution in [3.8, 4) is 5.75 Å². The topological polar surface area (TPSA) is 39.1 Å². The van der Waals surface area contributed by atoms with Crippen LogP contribution in [0, 0.1) is 0 Å². The number of ether oxygens (including phenoxy) is 1. The Morgan fingerprint density at radius 1 is 1.38 bits per heavy atom. The van der Waals surface area contributed by atoms with Gasteiger partial charge in [0.25, 0.3) is 0 Å². The molecule has 2 aromatic rings. The highest BCUT2D eigenvalue weighted by molar-refractivity contribution is 7.80. The Labute approximate surface area is 98.9 Å². The number of nitrogens with zero attached hydrogens (tertiary/aromatic N) is 2. The van der Waals surface area contributed by atoms with Gasteiger partial charge in [-0.3, -0.25) is 4.57 Å². The van der Waals surface area contributed by atoms with Crippen molar-refractivity contribution in [1.82, 2.24) is 9.55 Å². The number of thiocarbonyl (C=S) groups is 1. The molecule has 0 bridgehead atoms. The van der Waals surface area contributed by atoms with E-state index in [4.69, 9.17) is 17.0 Å². The molecular formula is C11H11N3OS. The molecule has 16 heavy (non-hydrogen) atoms. The van der Waals surface area contributed by atoms with E-state index in [1.54, 1.807) is 30.4 Å². The second-order valence-corrected chi connectivity index (χ2v) is 3.52. The molecule has 5 heteroatoms. The molecular weight excluding hydrogens is 222 g/mol. The van der Waals surface area contributed by atoms with Gasteiger partial charge in [0, 0.05) is 18.1 Å². The Morgan fingerprint density at radius 2 is 2.12 bits per heavy atom. The van der Waals surface area contributed by atoms with Gasteiger partial charge >= 0.3 is 0 Å². The second-order valence-electron chi connectivity index (χ2n) is 3.13. The molecule has 1 heterocycles. The predicted octanol–water partition coefficient (Wildman–Crippen LogP) is 2.14. The summed E-state index contributed by atoms with van der Waals surface area (Å²) in [6.07, 6.45) is 5.12. The highest BCUT2D eigenvalue weighted by Crippen LogP contribution is 2.15. The van der Waals surface area contributed by atoms with Crippen LogP contribution in [-0.4, -0.2) is 21.8 Å². The van der Waals surface area contributed by atoms with Crippen molar-refractivity contribution in [3.05, 3.63) is 43.0 Å². The number of anilines is 1. The fourth-order valence-corrected chi connectivity index (χ4v) is 1.47. The van der Waals surface area contributed by atoms with Gasteiger partial charge < -0.3 is 10.1 Å². The second kappa shape index (κ2) is 4.76. The number of hydrogen-bond acceptors (Lipinski definition) is 3. The Morgan fingerprint density at radius 3 is 2.69 bits per heavy atom. The molecule has 0 saturated carbocycles. The third-order valence-corrected chi connectivity index (χ3v) is 2.39. The van der Waals surface area contributed by atoms with Gasteiger partial charge in [-0.05, 0) is 36.5 Å². The molecule has 0 amide bonds. The molecule has 0 aliphatic carbocycles. The molecule has 4 nitrogen and oxygen atoms in total. The van der Waals surface area contributed by atoms with Gasteiger partial charge in [0.15, 0.2) is 5.11 Å². The molecule has 82 valence electrons. The SMILES string of the molecule is COc1ccc(NC(=S)n2ccnc2)cc1. The third kappa shape index (κ3) is 2.38. The summed E-state index contributed by atoms with van der Waals surface area (Å²) in [6, 6.07) is 7.56. The van der Waals surface area contributed by atoms with Gasteiger partial charge in [-0.1, -0.05) is 0 Å². The molecule has 1 aromatic carbocycles. The van der Waals surface area contributed by atoms with E-state index in [1.807, 2.05) is 24.3 Å². The highest BCUT2D eigenvalue weighted by Gasteiger charge is 1.99. The number of benzene rings is 1. The lowest BCUT2D eigenvalue weighted by atomic mass is 10.3. The lowest BCUT2D eigenvalue weighted by Crippen LogP contribution is -2.17. The zero-order valence-corrected chi connectivity index (χ0v) is 9.57. The van der Waals surface area contributed by atoms with Crippen LogP contribution in [0.25, 0.3) is 0 Å². The average molecular weight is 233 g/mol. The Kier molecular flexibility index (Phi) is 3.16. The standard InChI is InChI=1S/C11H11N3OS/c1-15-10-4-2-9(3-5-10)13-11(16)14-7-6-12-8-14/h2-8H,1H3,(H,13,16). The van der Waals surface area contributed by atoms with Gasteiger partial charge in [0.1, 0.15) is 12.1 Å². The molecule has 0 radical (unpaired) electrons. The number of nitrogens with one attached hydrogen (secondary N) is 1. The summed E-state index contributed by atoms with van der Waals surface area (Å²) < 4.78 is 6.81. The first-order valence-corrected chi connectivity index (χ1v) is 5.14. The van der Waals surface area contributed by atoms with Crippen LogP contribution < -0.4 is 10.1 Å². The van der Waals surface area contributed by atoms with Gasteiger partial charge in [-0.15, -0.1) is 0 Å². The number of rotatable bonds is 2. The largest absolute Gasteiger partial charge is 0.497 e. The fraction of sp³-hybridized carbons (Fsp3) is 0.0909. The maximum Gasteiger partial charge on any atom is 0.182 e. The van der Waals surface area contributed by atoms with E-state index in [0.717, 1.165) is 11.4 Å². The summed E-state index contributed by atoms with van der Waals surface area (Å²) in [6.45, 7) is 0. The Hall–Kier alpha value is -1.88. The van der Waals surface area contributed by atoms with Crippen molar-refractivity contribution < 1.29 is 4.74 Å². The minimum absolute atomic E-state index is 0.586. The molecule has 1 N–H and O–H groups in total. The number of methoxy groups -OCH3 is 1. The van der Waals surface area contributed by atoms with Crippen molar-refractivity contribution in [2.75, 3.05) is 12.4 Å². The molecule has 0 spiro atoms. The lowest BCUT2D eigenvalue weighted by molar-refractivity contribution is 0.415. The van der Waals surface area contributed by atoms with Gasteiger partial charge in [0.05, 0.1) is 7.11 Å². The van der Waals surface area contributed by atoms with Crippen molar-refractivity contribution in [1.29, 1.82) is 0 Å². The molecule has 0 saturated heterocycles. The van der Waals surface area contributed by atoms with Crippen LogP contribution in [0.3, 0.4) is 0 Å². The zero-order chi connectivity index (χ0) is 11.4. The van der Waals surface area contributed by atoms with E-state index in [9.17, 15) is 0 Å². The molecule has 0 aliphatic rings. The quantitative estimate of drug-likeness (QED) is 0.807. The minimum atomic E-state index is 0.586. The Balaban J connectivity index is 2.06. The summed E-state index contributed by atoms with van der Waals surface area (Å²) in [5, 5.41) is 3.68. The molecule has 0 atom stereocenters. The first-order chi connectivity index (χ1) is 7.79. The van der Waals surface area contributed by atoms with E-state index >= 15 is 0 Å². The van der Waals surface area contributed by atoms with Crippen LogP contribution in [0.2, 0.25) is 0 Å². The maximum absolute atomic E-state index is 5.20. The number of aromatic nitrogens is 2. The Bertz CT molecular complexity index is 464. The number of hydrogen-bond donors (Lipinski definition) is 1. The van der Waals surface area contributed by atoms with Crippen LogP contribution in [0.5, 0.6) is 5.75 Å². The number of imidazole rings is 1. The lowest BCUT2D eigenvalue weighted by Gasteiger charge is -2.08. The zero-order valence-electron chi connectivity index (χ0n) is 8.75. The first kappa shape index (κ1) is 10.6. The monoisotopic (exact) mass is 233 g/mol. The average Bonchev–Trinajstić information content (AvgIpc) is 2.83. The summed E-state index contributed by atoms with van der Waals surface area (Å²) >= 11 is 5.20. The summed E-state index contributed by atoms with van der Waals surface area (Å²) in [5.74, 6) is 0.819.